The molecular formula is C23H28N6O3. The zero-order chi connectivity index (χ0) is 23.0. The SMILES string of the molecule is CCC(C)NC(=O)Cn1c2ccc(C)cc2c2ncn(Cc3nc(C(C)C)no3)c(=O)c21. The van der Waals surface area contributed by atoms with Crippen LogP contribution in [0.1, 0.15) is 57.3 Å². The van der Waals surface area contributed by atoms with Crippen molar-refractivity contribution in [3.8, 4) is 0 Å². The Balaban J connectivity index is 1.82. The highest BCUT2D eigenvalue weighted by molar-refractivity contribution is 6.06. The maximum atomic E-state index is 13.5. The molecule has 1 N–H and O–H groups in total. The summed E-state index contributed by atoms with van der Waals surface area (Å²) in [6.07, 6.45) is 2.32. The molecule has 0 bridgehead atoms. The molecule has 32 heavy (non-hydrogen) atoms. The first-order chi connectivity index (χ1) is 15.3. The predicted octanol–water partition coefficient (Wildman–Crippen LogP) is 3.13. The van der Waals surface area contributed by atoms with Crippen LogP contribution < -0.4 is 10.9 Å². The number of nitrogens with zero attached hydrogens (tertiary/aromatic N) is 5. The highest BCUT2D eigenvalue weighted by Crippen LogP contribution is 2.26. The normalized spacial score (nSPS) is 12.7. The van der Waals surface area contributed by atoms with Gasteiger partial charge in [0.2, 0.25) is 11.8 Å². The van der Waals surface area contributed by atoms with Crippen molar-refractivity contribution in [1.82, 2.24) is 29.6 Å². The third-order valence-corrected chi connectivity index (χ3v) is 5.61. The first kappa shape index (κ1) is 21.7. The number of hydrogen-bond acceptors (Lipinski definition) is 6. The van der Waals surface area contributed by atoms with Crippen molar-refractivity contribution in [2.24, 2.45) is 0 Å². The van der Waals surface area contributed by atoms with Gasteiger partial charge in [0.25, 0.3) is 5.56 Å². The molecule has 4 rings (SSSR count). The summed E-state index contributed by atoms with van der Waals surface area (Å²) >= 11 is 0. The van der Waals surface area contributed by atoms with Crippen LogP contribution in [0.25, 0.3) is 21.9 Å². The molecular weight excluding hydrogens is 408 g/mol. The highest BCUT2D eigenvalue weighted by atomic mass is 16.5. The number of aryl methyl sites for hydroxylation is 1. The second-order valence-electron chi connectivity index (χ2n) is 8.56. The maximum absolute atomic E-state index is 13.5. The van der Waals surface area contributed by atoms with Crippen molar-refractivity contribution >= 4 is 27.8 Å². The number of carbonyl (C=O) groups excluding carboxylic acids is 1. The van der Waals surface area contributed by atoms with Gasteiger partial charge < -0.3 is 14.4 Å². The van der Waals surface area contributed by atoms with Crippen LogP contribution in [0.3, 0.4) is 0 Å². The topological polar surface area (TPSA) is 108 Å². The number of rotatable bonds is 7. The van der Waals surface area contributed by atoms with Crippen LogP contribution in [0.15, 0.2) is 33.8 Å². The van der Waals surface area contributed by atoms with Gasteiger partial charge in [-0.15, -0.1) is 0 Å². The Morgan fingerprint density at radius 3 is 2.72 bits per heavy atom. The van der Waals surface area contributed by atoms with Crippen LogP contribution in [0.2, 0.25) is 0 Å². The molecule has 0 aliphatic rings. The number of benzene rings is 1. The summed E-state index contributed by atoms with van der Waals surface area (Å²) < 4.78 is 8.49. The smallest absolute Gasteiger partial charge is 0.278 e. The molecule has 3 aromatic heterocycles. The van der Waals surface area contributed by atoms with Gasteiger partial charge in [-0.2, -0.15) is 4.98 Å². The van der Waals surface area contributed by atoms with E-state index in [2.05, 4.69) is 20.4 Å². The average Bonchev–Trinajstić information content (AvgIpc) is 3.33. The Kier molecular flexibility index (Phi) is 5.82. The molecule has 1 unspecified atom stereocenters. The number of nitrogens with one attached hydrogen (secondary N) is 1. The molecule has 9 nitrogen and oxygen atoms in total. The van der Waals surface area contributed by atoms with Crippen molar-refractivity contribution in [3.63, 3.8) is 0 Å². The minimum atomic E-state index is -0.260. The largest absolute Gasteiger partial charge is 0.352 e. The zero-order valence-corrected chi connectivity index (χ0v) is 19.0. The molecule has 0 saturated heterocycles. The Morgan fingerprint density at radius 1 is 1.25 bits per heavy atom. The molecule has 1 amide bonds. The van der Waals surface area contributed by atoms with Crippen LogP contribution in [0.4, 0.5) is 0 Å². The molecule has 9 heteroatoms. The molecule has 3 heterocycles. The van der Waals surface area contributed by atoms with Gasteiger partial charge >= 0.3 is 0 Å². The van der Waals surface area contributed by atoms with E-state index in [1.807, 2.05) is 52.8 Å². The van der Waals surface area contributed by atoms with E-state index in [0.717, 1.165) is 22.9 Å². The number of aromatic nitrogens is 5. The molecule has 4 aromatic rings. The van der Waals surface area contributed by atoms with Gasteiger partial charge in [-0.05, 0) is 32.4 Å². The summed E-state index contributed by atoms with van der Waals surface area (Å²) in [6, 6.07) is 5.94. The molecule has 0 radical (unpaired) electrons. The lowest BCUT2D eigenvalue weighted by atomic mass is 10.1. The minimum absolute atomic E-state index is 0.0341. The Morgan fingerprint density at radius 2 is 2.03 bits per heavy atom. The summed E-state index contributed by atoms with van der Waals surface area (Å²) in [4.78, 5) is 35.1. The predicted molar refractivity (Wildman–Crippen MR) is 122 cm³/mol. The van der Waals surface area contributed by atoms with Crippen molar-refractivity contribution in [3.05, 3.63) is 52.2 Å². The fourth-order valence-electron chi connectivity index (χ4n) is 3.67. The van der Waals surface area contributed by atoms with Crippen LogP contribution >= 0.6 is 0 Å². The van der Waals surface area contributed by atoms with Gasteiger partial charge in [0.1, 0.15) is 24.1 Å². The van der Waals surface area contributed by atoms with Gasteiger partial charge in [0, 0.05) is 17.3 Å². The Labute approximate surface area is 185 Å². The molecule has 0 aliphatic heterocycles. The Hall–Kier alpha value is -3.49. The van der Waals surface area contributed by atoms with E-state index < -0.39 is 0 Å². The van der Waals surface area contributed by atoms with Crippen LogP contribution in [0.5, 0.6) is 0 Å². The lowest BCUT2D eigenvalue weighted by molar-refractivity contribution is -0.122. The lowest BCUT2D eigenvalue weighted by Gasteiger charge is -2.13. The van der Waals surface area contributed by atoms with E-state index in [4.69, 9.17) is 4.52 Å². The van der Waals surface area contributed by atoms with Crippen LogP contribution in [-0.4, -0.2) is 36.2 Å². The van der Waals surface area contributed by atoms with Crippen molar-refractivity contribution in [2.45, 2.75) is 66.1 Å². The first-order valence-electron chi connectivity index (χ1n) is 10.9. The van der Waals surface area contributed by atoms with Crippen LogP contribution in [0, 0.1) is 6.92 Å². The molecule has 168 valence electrons. The third-order valence-electron chi connectivity index (χ3n) is 5.61. The van der Waals surface area contributed by atoms with E-state index in [1.54, 1.807) is 4.57 Å². The lowest BCUT2D eigenvalue weighted by Crippen LogP contribution is -2.35. The van der Waals surface area contributed by atoms with Gasteiger partial charge in [-0.1, -0.05) is 37.6 Å². The number of fused-ring (bicyclic) bond motifs is 3. The molecule has 1 aromatic carbocycles. The quantitative estimate of drug-likeness (QED) is 0.477. The van der Waals surface area contributed by atoms with Crippen molar-refractivity contribution in [1.29, 1.82) is 0 Å². The second-order valence-corrected chi connectivity index (χ2v) is 8.56. The minimum Gasteiger partial charge on any atom is -0.352 e. The number of hydrogen-bond donors (Lipinski definition) is 1. The van der Waals surface area contributed by atoms with E-state index >= 15 is 0 Å². The number of amides is 1. The van der Waals surface area contributed by atoms with Crippen LogP contribution in [-0.2, 0) is 17.9 Å². The molecule has 0 fully saturated rings. The third kappa shape index (κ3) is 4.02. The summed E-state index contributed by atoms with van der Waals surface area (Å²) in [5, 5.41) is 7.78. The van der Waals surface area contributed by atoms with E-state index in [-0.39, 0.29) is 36.5 Å². The molecule has 0 saturated carbocycles. The molecule has 1 atom stereocenters. The van der Waals surface area contributed by atoms with E-state index in [1.165, 1.54) is 10.9 Å². The van der Waals surface area contributed by atoms with E-state index in [9.17, 15) is 9.59 Å². The fraction of sp³-hybridized carbons (Fsp3) is 0.435. The van der Waals surface area contributed by atoms with Gasteiger partial charge in [0.15, 0.2) is 5.82 Å². The van der Waals surface area contributed by atoms with Crippen molar-refractivity contribution < 1.29 is 9.32 Å². The van der Waals surface area contributed by atoms with Gasteiger partial charge in [0.05, 0.1) is 11.8 Å². The summed E-state index contributed by atoms with van der Waals surface area (Å²) in [7, 11) is 0. The molecule has 0 spiro atoms. The van der Waals surface area contributed by atoms with Crippen molar-refractivity contribution in [2.75, 3.05) is 0 Å². The van der Waals surface area contributed by atoms with E-state index in [0.29, 0.717) is 22.7 Å². The fourth-order valence-corrected chi connectivity index (χ4v) is 3.67. The Bertz CT molecular complexity index is 1350. The highest BCUT2D eigenvalue weighted by Gasteiger charge is 2.20. The summed E-state index contributed by atoms with van der Waals surface area (Å²) in [6.45, 7) is 10.0. The van der Waals surface area contributed by atoms with Gasteiger partial charge in [-0.3, -0.25) is 14.2 Å². The number of carbonyl (C=O) groups is 1. The standard InChI is InChI=1S/C23H28N6O3/c1-6-15(5)25-18(30)10-29-17-8-7-14(4)9-16(17)20-21(29)23(31)28(12-24-20)11-19-26-22(13(2)3)27-32-19/h7-9,12-13,15H,6,10-11H2,1-5H3,(H,25,30). The average molecular weight is 437 g/mol. The second kappa shape index (κ2) is 8.57. The molecule has 0 aliphatic carbocycles. The monoisotopic (exact) mass is 436 g/mol. The first-order valence-corrected chi connectivity index (χ1v) is 10.9. The maximum Gasteiger partial charge on any atom is 0.278 e. The summed E-state index contributed by atoms with van der Waals surface area (Å²) in [5.74, 6) is 0.907. The zero-order valence-electron chi connectivity index (χ0n) is 19.0. The van der Waals surface area contributed by atoms with Gasteiger partial charge in [-0.25, -0.2) is 4.98 Å². The summed E-state index contributed by atoms with van der Waals surface area (Å²) in [5.41, 5.74) is 2.56.